The van der Waals surface area contributed by atoms with Crippen LogP contribution < -0.4 is 10.6 Å². The van der Waals surface area contributed by atoms with Crippen LogP contribution in [0.1, 0.15) is 19.3 Å². The van der Waals surface area contributed by atoms with Crippen LogP contribution >= 0.6 is 11.3 Å². The lowest BCUT2D eigenvalue weighted by Gasteiger charge is -2.16. The van der Waals surface area contributed by atoms with Crippen LogP contribution in [0, 0.1) is 0 Å². The highest BCUT2D eigenvalue weighted by molar-refractivity contribution is 7.08. The van der Waals surface area contributed by atoms with E-state index in [1.807, 2.05) is 29.6 Å². The summed E-state index contributed by atoms with van der Waals surface area (Å²) in [5.74, 6) is 1.00. The van der Waals surface area contributed by atoms with Crippen LogP contribution in [0.25, 0.3) is 27.9 Å². The molecule has 0 saturated carbocycles. The number of hydrogen-bond acceptors (Lipinski definition) is 7. The Labute approximate surface area is 164 Å². The summed E-state index contributed by atoms with van der Waals surface area (Å²) in [6.07, 6.45) is 2.66. The number of hydrogen-bond donors (Lipinski definition) is 3. The molecule has 3 N–H and O–H groups in total. The van der Waals surface area contributed by atoms with Gasteiger partial charge in [0.1, 0.15) is 11.8 Å². The third-order valence-electron chi connectivity index (χ3n) is 4.90. The smallest absolute Gasteiger partial charge is 0.242 e. The number of anilines is 1. The molecule has 4 aromatic rings. The Bertz CT molecular complexity index is 1180. The molecule has 1 aliphatic rings. The molecule has 0 bridgehead atoms. The molecule has 28 heavy (non-hydrogen) atoms. The van der Waals surface area contributed by atoms with Crippen molar-refractivity contribution in [2.24, 2.45) is 0 Å². The molecule has 1 amide bonds. The molecule has 0 radical (unpaired) electrons. The molecule has 1 saturated heterocycles. The second-order valence-corrected chi connectivity index (χ2v) is 7.52. The van der Waals surface area contributed by atoms with Gasteiger partial charge in [-0.25, -0.2) is 9.97 Å². The summed E-state index contributed by atoms with van der Waals surface area (Å²) in [6.45, 7) is 0.697. The Kier molecular flexibility index (Phi) is 4.09. The van der Waals surface area contributed by atoms with Crippen LogP contribution in [0.5, 0.6) is 5.75 Å². The number of nitrogens with one attached hydrogen (secondary N) is 2. The monoisotopic (exact) mass is 394 g/mol. The molecule has 142 valence electrons. The van der Waals surface area contributed by atoms with Crippen molar-refractivity contribution < 1.29 is 9.90 Å². The number of aromatic nitrogens is 4. The van der Waals surface area contributed by atoms with Crippen LogP contribution in [0.3, 0.4) is 0 Å². The van der Waals surface area contributed by atoms with Gasteiger partial charge in [0.15, 0.2) is 11.5 Å². The highest BCUT2D eigenvalue weighted by Gasteiger charge is 2.23. The average molecular weight is 394 g/mol. The topological polar surface area (TPSA) is 104 Å². The lowest BCUT2D eigenvalue weighted by Crippen LogP contribution is -2.38. The third kappa shape index (κ3) is 2.84. The molecule has 1 aromatic carbocycles. The molecular weight excluding hydrogens is 376 g/mol. The first kappa shape index (κ1) is 16.9. The van der Waals surface area contributed by atoms with Gasteiger partial charge in [-0.3, -0.25) is 4.79 Å². The first-order valence-electron chi connectivity index (χ1n) is 9.16. The Morgan fingerprint density at radius 2 is 2.11 bits per heavy atom. The predicted octanol–water partition coefficient (Wildman–Crippen LogP) is 2.79. The number of rotatable bonds is 3. The van der Waals surface area contributed by atoms with Crippen molar-refractivity contribution in [3.63, 3.8) is 0 Å². The van der Waals surface area contributed by atoms with E-state index in [4.69, 9.17) is 0 Å². The van der Waals surface area contributed by atoms with E-state index in [9.17, 15) is 9.90 Å². The largest absolute Gasteiger partial charge is 0.506 e. The maximum atomic E-state index is 12.4. The first-order chi connectivity index (χ1) is 13.7. The highest BCUT2D eigenvalue weighted by atomic mass is 32.1. The van der Waals surface area contributed by atoms with E-state index < -0.39 is 0 Å². The predicted molar refractivity (Wildman–Crippen MR) is 108 cm³/mol. The summed E-state index contributed by atoms with van der Waals surface area (Å²) in [6, 6.07) is 7.31. The molecule has 3 aromatic heterocycles. The van der Waals surface area contributed by atoms with Crippen LogP contribution in [0.15, 0.2) is 35.0 Å². The van der Waals surface area contributed by atoms with Gasteiger partial charge in [-0.1, -0.05) is 12.1 Å². The van der Waals surface area contributed by atoms with Gasteiger partial charge < -0.3 is 15.7 Å². The summed E-state index contributed by atoms with van der Waals surface area (Å²) < 4.78 is 1.62. The van der Waals surface area contributed by atoms with Crippen molar-refractivity contribution in [2.75, 3.05) is 11.9 Å². The molecule has 0 aliphatic carbocycles. The van der Waals surface area contributed by atoms with Gasteiger partial charge in [0, 0.05) is 22.7 Å². The second-order valence-electron chi connectivity index (χ2n) is 6.78. The average Bonchev–Trinajstić information content (AvgIpc) is 3.27. The van der Waals surface area contributed by atoms with E-state index in [0.29, 0.717) is 29.5 Å². The second kappa shape index (κ2) is 6.75. The van der Waals surface area contributed by atoms with Crippen LogP contribution in [-0.4, -0.2) is 43.2 Å². The van der Waals surface area contributed by atoms with Crippen molar-refractivity contribution in [3.8, 4) is 17.1 Å². The Hall–Kier alpha value is -3.20. The Balaban J connectivity index is 1.67. The molecule has 0 spiro atoms. The molecule has 4 heterocycles. The van der Waals surface area contributed by atoms with E-state index in [2.05, 4.69) is 25.7 Å². The van der Waals surface area contributed by atoms with Crippen molar-refractivity contribution in [1.82, 2.24) is 24.9 Å². The summed E-state index contributed by atoms with van der Waals surface area (Å²) in [5, 5.41) is 25.1. The fraction of sp³-hybridized carbons (Fsp3) is 0.263. The van der Waals surface area contributed by atoms with E-state index in [0.717, 1.165) is 30.2 Å². The number of benzene rings is 1. The molecule has 9 heteroatoms. The summed E-state index contributed by atoms with van der Waals surface area (Å²) in [4.78, 5) is 21.7. The number of nitrogens with zero attached hydrogens (tertiary/aromatic N) is 4. The zero-order chi connectivity index (χ0) is 19.1. The van der Waals surface area contributed by atoms with Gasteiger partial charge in [-0.2, -0.15) is 4.52 Å². The van der Waals surface area contributed by atoms with E-state index in [-0.39, 0.29) is 17.7 Å². The lowest BCUT2D eigenvalue weighted by atomic mass is 10.1. The van der Waals surface area contributed by atoms with Crippen molar-refractivity contribution in [3.05, 3.63) is 35.0 Å². The molecule has 1 fully saturated rings. The van der Waals surface area contributed by atoms with Gasteiger partial charge in [0.25, 0.3) is 0 Å². The fourth-order valence-corrected chi connectivity index (χ4v) is 4.14. The number of amides is 1. The SMILES string of the molecule is O=C1NCCCC[C@@H]1Nc1nc2ccccc2c2nc(-c3cscc3O)nn12. The zero-order valence-corrected chi connectivity index (χ0v) is 15.7. The van der Waals surface area contributed by atoms with E-state index in [1.54, 1.807) is 9.90 Å². The molecule has 8 nitrogen and oxygen atoms in total. The van der Waals surface area contributed by atoms with Gasteiger partial charge >= 0.3 is 0 Å². The van der Waals surface area contributed by atoms with Crippen LogP contribution in [-0.2, 0) is 4.79 Å². The number of aromatic hydroxyl groups is 1. The van der Waals surface area contributed by atoms with Gasteiger partial charge in [0.2, 0.25) is 11.9 Å². The van der Waals surface area contributed by atoms with E-state index in [1.165, 1.54) is 11.3 Å². The van der Waals surface area contributed by atoms with Crippen LogP contribution in [0.4, 0.5) is 5.95 Å². The normalized spacial score (nSPS) is 17.6. The third-order valence-corrected chi connectivity index (χ3v) is 5.63. The minimum atomic E-state index is -0.374. The molecule has 0 unspecified atom stereocenters. The maximum absolute atomic E-state index is 12.4. The maximum Gasteiger partial charge on any atom is 0.242 e. The number of fused-ring (bicyclic) bond motifs is 3. The van der Waals surface area contributed by atoms with Crippen molar-refractivity contribution in [1.29, 1.82) is 0 Å². The standard InChI is InChI=1S/C19H18N6O2S/c26-15-10-28-9-12(15)16-23-17-11-5-1-2-6-13(11)21-19(25(17)24-16)22-14-7-3-4-8-20-18(14)27/h1-2,5-6,9-10,14,26H,3-4,7-8H2,(H,20,27)(H,21,22)/t14-/m0/s1. The number of para-hydroxylation sites is 1. The van der Waals surface area contributed by atoms with Gasteiger partial charge in [-0.05, 0) is 31.4 Å². The van der Waals surface area contributed by atoms with Crippen LogP contribution in [0.2, 0.25) is 0 Å². The number of carbonyl (C=O) groups excluding carboxylic acids is 1. The fourth-order valence-electron chi connectivity index (χ4n) is 3.45. The summed E-state index contributed by atoms with van der Waals surface area (Å²) >= 11 is 1.39. The number of carbonyl (C=O) groups is 1. The highest BCUT2D eigenvalue weighted by Crippen LogP contribution is 2.32. The molecule has 5 rings (SSSR count). The zero-order valence-electron chi connectivity index (χ0n) is 14.9. The summed E-state index contributed by atoms with van der Waals surface area (Å²) in [7, 11) is 0. The quantitative estimate of drug-likeness (QED) is 0.494. The van der Waals surface area contributed by atoms with Crippen molar-refractivity contribution >= 4 is 39.7 Å². The lowest BCUT2D eigenvalue weighted by molar-refractivity contribution is -0.121. The molecule has 1 atom stereocenters. The minimum Gasteiger partial charge on any atom is -0.506 e. The van der Waals surface area contributed by atoms with Gasteiger partial charge in [0.05, 0.1) is 11.1 Å². The van der Waals surface area contributed by atoms with Crippen molar-refractivity contribution in [2.45, 2.75) is 25.3 Å². The Morgan fingerprint density at radius 3 is 2.96 bits per heavy atom. The summed E-state index contributed by atoms with van der Waals surface area (Å²) in [5.41, 5.74) is 1.97. The Morgan fingerprint density at radius 1 is 1.21 bits per heavy atom. The minimum absolute atomic E-state index is 0.0311. The van der Waals surface area contributed by atoms with E-state index >= 15 is 0 Å². The van der Waals surface area contributed by atoms with Gasteiger partial charge in [-0.15, -0.1) is 16.4 Å². The number of thiophene rings is 1. The molecule has 1 aliphatic heterocycles. The molecular formula is C19H18N6O2S. The first-order valence-corrected chi connectivity index (χ1v) is 10.1.